The molecule has 11 rings (SSSR count). The molecule has 0 atom stereocenters. The zero-order valence-corrected chi connectivity index (χ0v) is 30.9. The monoisotopic (exact) mass is 702 g/mol. The largest absolute Gasteiger partial charge is 0.310 e. The zero-order valence-electron chi connectivity index (χ0n) is 30.9. The van der Waals surface area contributed by atoms with Gasteiger partial charge in [-0.3, -0.25) is 0 Å². The van der Waals surface area contributed by atoms with E-state index < -0.39 is 0 Å². The van der Waals surface area contributed by atoms with E-state index in [0.29, 0.717) is 0 Å². The number of anilines is 3. The number of para-hydroxylation sites is 3. The van der Waals surface area contributed by atoms with Gasteiger partial charge in [0.25, 0.3) is 0 Å². The second kappa shape index (κ2) is 12.1. The summed E-state index contributed by atoms with van der Waals surface area (Å²) in [5, 5.41) is 7.54. The van der Waals surface area contributed by atoms with Crippen LogP contribution >= 0.6 is 0 Å². The number of aromatic nitrogens is 1. The van der Waals surface area contributed by atoms with Crippen LogP contribution in [-0.2, 0) is 5.41 Å². The lowest BCUT2D eigenvalue weighted by molar-refractivity contribution is 0.661. The summed E-state index contributed by atoms with van der Waals surface area (Å²) in [6, 6.07) is 71.3. The van der Waals surface area contributed by atoms with Crippen LogP contribution in [0.5, 0.6) is 0 Å². The van der Waals surface area contributed by atoms with Crippen molar-refractivity contribution in [2.24, 2.45) is 0 Å². The molecule has 0 aliphatic heterocycles. The minimum atomic E-state index is -0.0662. The van der Waals surface area contributed by atoms with Crippen molar-refractivity contribution < 1.29 is 0 Å². The molecule has 1 aliphatic carbocycles. The summed E-state index contributed by atoms with van der Waals surface area (Å²) < 4.78 is 2.45. The highest BCUT2D eigenvalue weighted by atomic mass is 15.1. The first-order valence-corrected chi connectivity index (χ1v) is 19.2. The molecule has 1 aromatic heterocycles. The van der Waals surface area contributed by atoms with Gasteiger partial charge in [0.2, 0.25) is 0 Å². The zero-order chi connectivity index (χ0) is 36.7. The number of fused-ring (bicyclic) bond motifs is 9. The lowest BCUT2D eigenvalue weighted by atomic mass is 9.82. The van der Waals surface area contributed by atoms with Crippen molar-refractivity contribution in [3.63, 3.8) is 0 Å². The van der Waals surface area contributed by atoms with Crippen molar-refractivity contribution in [2.45, 2.75) is 19.3 Å². The lowest BCUT2D eigenvalue weighted by Gasteiger charge is -2.25. The molecule has 260 valence electrons. The quantitative estimate of drug-likeness (QED) is 0.162. The maximum absolute atomic E-state index is 2.46. The molecule has 0 bridgehead atoms. The average molecular weight is 703 g/mol. The number of hydrogen-bond donors (Lipinski definition) is 0. The van der Waals surface area contributed by atoms with Crippen LogP contribution in [0.3, 0.4) is 0 Å². The van der Waals surface area contributed by atoms with E-state index in [1.807, 2.05) is 0 Å². The van der Waals surface area contributed by atoms with Crippen molar-refractivity contribution in [3.8, 4) is 27.9 Å². The Kier molecular flexibility index (Phi) is 6.93. The SMILES string of the molecule is CC1(C)c2ccccc2-c2cc3c4cc(-c5ccc6c(ccc7cc(N(c8ccccc8)c8ccccc8)ccc76)c5)ccc4n(-c4ccccc4)c3cc21. The minimum Gasteiger partial charge on any atom is -0.310 e. The van der Waals surface area contributed by atoms with Crippen LogP contribution in [0, 0.1) is 0 Å². The van der Waals surface area contributed by atoms with Crippen LogP contribution in [0.15, 0.2) is 194 Å². The van der Waals surface area contributed by atoms with E-state index in [-0.39, 0.29) is 5.41 Å². The molecule has 0 unspecified atom stereocenters. The van der Waals surface area contributed by atoms with E-state index in [2.05, 4.69) is 217 Å². The third-order valence-corrected chi connectivity index (χ3v) is 11.9. The maximum Gasteiger partial charge on any atom is 0.0544 e. The van der Waals surface area contributed by atoms with Gasteiger partial charge < -0.3 is 9.47 Å². The molecule has 55 heavy (non-hydrogen) atoms. The van der Waals surface area contributed by atoms with Crippen molar-refractivity contribution in [1.29, 1.82) is 0 Å². The summed E-state index contributed by atoms with van der Waals surface area (Å²) in [4.78, 5) is 2.32. The normalized spacial score (nSPS) is 13.1. The second-order valence-corrected chi connectivity index (χ2v) is 15.4. The van der Waals surface area contributed by atoms with Crippen LogP contribution < -0.4 is 4.90 Å². The predicted molar refractivity (Wildman–Crippen MR) is 233 cm³/mol. The third-order valence-electron chi connectivity index (χ3n) is 11.9. The Morgan fingerprint density at radius 1 is 0.382 bits per heavy atom. The number of nitrogens with zero attached hydrogens (tertiary/aromatic N) is 2. The van der Waals surface area contributed by atoms with Gasteiger partial charge in [0.15, 0.2) is 0 Å². The molecule has 0 amide bonds. The van der Waals surface area contributed by atoms with Crippen LogP contribution in [-0.4, -0.2) is 4.57 Å². The van der Waals surface area contributed by atoms with Gasteiger partial charge in [0, 0.05) is 38.9 Å². The molecule has 9 aromatic carbocycles. The molecule has 2 nitrogen and oxygen atoms in total. The van der Waals surface area contributed by atoms with Crippen LogP contribution in [0.4, 0.5) is 17.1 Å². The molecule has 0 fully saturated rings. The van der Waals surface area contributed by atoms with Crippen molar-refractivity contribution >= 4 is 60.4 Å². The summed E-state index contributed by atoms with van der Waals surface area (Å²) in [6.07, 6.45) is 0. The molecular formula is C53H38N2. The van der Waals surface area contributed by atoms with Crippen molar-refractivity contribution in [1.82, 2.24) is 4.57 Å². The minimum absolute atomic E-state index is 0.0662. The van der Waals surface area contributed by atoms with Gasteiger partial charge in [-0.1, -0.05) is 129 Å². The summed E-state index contributed by atoms with van der Waals surface area (Å²) in [5.74, 6) is 0. The molecule has 0 spiro atoms. The Morgan fingerprint density at radius 3 is 1.69 bits per heavy atom. The average Bonchev–Trinajstić information content (AvgIpc) is 3.68. The first-order chi connectivity index (χ1) is 27.0. The summed E-state index contributed by atoms with van der Waals surface area (Å²) in [6.45, 7) is 4.73. The molecule has 0 saturated heterocycles. The number of benzene rings is 9. The summed E-state index contributed by atoms with van der Waals surface area (Å²) >= 11 is 0. The first-order valence-electron chi connectivity index (χ1n) is 19.2. The third kappa shape index (κ3) is 4.88. The Balaban J connectivity index is 1.04. The molecule has 0 saturated carbocycles. The van der Waals surface area contributed by atoms with Gasteiger partial charge in [0.1, 0.15) is 0 Å². The van der Waals surface area contributed by atoms with Crippen LogP contribution in [0.1, 0.15) is 25.0 Å². The van der Waals surface area contributed by atoms with Gasteiger partial charge in [-0.15, -0.1) is 0 Å². The van der Waals surface area contributed by atoms with E-state index in [4.69, 9.17) is 0 Å². The number of hydrogen-bond acceptors (Lipinski definition) is 1. The molecule has 10 aromatic rings. The Morgan fingerprint density at radius 2 is 0.964 bits per heavy atom. The Hall–Kier alpha value is -6.90. The van der Waals surface area contributed by atoms with Gasteiger partial charge in [-0.05, 0) is 134 Å². The molecule has 1 heterocycles. The Labute approximate surface area is 321 Å². The van der Waals surface area contributed by atoms with Gasteiger partial charge in [0.05, 0.1) is 11.0 Å². The first kappa shape index (κ1) is 31.6. The number of rotatable bonds is 5. The van der Waals surface area contributed by atoms with E-state index in [9.17, 15) is 0 Å². The lowest BCUT2D eigenvalue weighted by Crippen LogP contribution is -2.14. The summed E-state index contributed by atoms with van der Waals surface area (Å²) in [5.41, 5.74) is 14.9. The van der Waals surface area contributed by atoms with Gasteiger partial charge in [-0.2, -0.15) is 0 Å². The van der Waals surface area contributed by atoms with E-state index in [0.717, 1.165) is 17.1 Å². The van der Waals surface area contributed by atoms with Crippen molar-refractivity contribution in [2.75, 3.05) is 4.90 Å². The fourth-order valence-corrected chi connectivity index (χ4v) is 9.23. The predicted octanol–water partition coefficient (Wildman–Crippen LogP) is 14.5. The van der Waals surface area contributed by atoms with Gasteiger partial charge >= 0.3 is 0 Å². The Bertz CT molecular complexity index is 3060. The highest BCUT2D eigenvalue weighted by Crippen LogP contribution is 2.51. The maximum atomic E-state index is 2.46. The van der Waals surface area contributed by atoms with E-state index in [1.54, 1.807) is 0 Å². The highest BCUT2D eigenvalue weighted by molar-refractivity contribution is 6.13. The van der Waals surface area contributed by atoms with Crippen molar-refractivity contribution in [3.05, 3.63) is 205 Å². The van der Waals surface area contributed by atoms with E-state index >= 15 is 0 Å². The highest BCUT2D eigenvalue weighted by Gasteiger charge is 2.36. The molecule has 2 heteroatoms. The standard InChI is InChI=1S/C53H38N2/c1-53(2)49-21-13-12-20-45(49)46-33-48-47-32-36(25-29-51(47)55(52(48)34-50(46)53)41-18-10-5-11-19-41)35-24-27-43-37(30-35)22-23-38-31-42(26-28-44(38)43)54(39-14-6-3-7-15-39)40-16-8-4-9-17-40/h3-34H,1-2H3. The van der Waals surface area contributed by atoms with Crippen LogP contribution in [0.2, 0.25) is 0 Å². The van der Waals surface area contributed by atoms with E-state index in [1.165, 1.54) is 82.4 Å². The molecule has 0 N–H and O–H groups in total. The summed E-state index contributed by atoms with van der Waals surface area (Å²) in [7, 11) is 0. The smallest absolute Gasteiger partial charge is 0.0544 e. The fraction of sp³-hybridized carbons (Fsp3) is 0.0566. The topological polar surface area (TPSA) is 8.17 Å². The molecular weight excluding hydrogens is 665 g/mol. The fourth-order valence-electron chi connectivity index (χ4n) is 9.23. The second-order valence-electron chi connectivity index (χ2n) is 15.4. The molecule has 1 aliphatic rings. The van der Waals surface area contributed by atoms with Crippen LogP contribution in [0.25, 0.3) is 71.3 Å². The molecule has 0 radical (unpaired) electrons. The van der Waals surface area contributed by atoms with Gasteiger partial charge in [-0.25, -0.2) is 0 Å².